The van der Waals surface area contributed by atoms with Crippen molar-refractivity contribution in [3.8, 4) is 0 Å². The zero-order valence-corrected chi connectivity index (χ0v) is 8.20. The van der Waals surface area contributed by atoms with Crippen molar-refractivity contribution in [1.82, 2.24) is 0 Å². The van der Waals surface area contributed by atoms with E-state index >= 15 is 0 Å². The highest BCUT2D eigenvalue weighted by atomic mass is 14.8. The molecule has 1 aromatic rings. The van der Waals surface area contributed by atoms with E-state index in [0.717, 1.165) is 5.56 Å². The Labute approximate surface area is 83.9 Å². The standard InChI is InChI=1S/C11H15N3/c1-8-3-2-4-9(7-8)10(12)5-6-11(13)14/h2-7H,12-14H2,1H3/b10-5-. The highest BCUT2D eigenvalue weighted by Crippen LogP contribution is 2.10. The molecule has 0 saturated carbocycles. The molecule has 14 heavy (non-hydrogen) atoms. The molecule has 0 aliphatic carbocycles. The van der Waals surface area contributed by atoms with Crippen LogP contribution < -0.4 is 17.2 Å². The van der Waals surface area contributed by atoms with Gasteiger partial charge in [-0.15, -0.1) is 0 Å². The number of rotatable bonds is 2. The van der Waals surface area contributed by atoms with Crippen molar-refractivity contribution in [2.24, 2.45) is 17.2 Å². The van der Waals surface area contributed by atoms with Crippen LogP contribution in [0.1, 0.15) is 11.1 Å². The molecule has 0 saturated heterocycles. The van der Waals surface area contributed by atoms with Crippen LogP contribution in [-0.4, -0.2) is 0 Å². The summed E-state index contributed by atoms with van der Waals surface area (Å²) in [4.78, 5) is 0. The summed E-state index contributed by atoms with van der Waals surface area (Å²) in [6.07, 6.45) is 3.28. The number of hydrogen-bond donors (Lipinski definition) is 3. The van der Waals surface area contributed by atoms with Crippen LogP contribution >= 0.6 is 0 Å². The maximum atomic E-state index is 5.82. The van der Waals surface area contributed by atoms with Crippen molar-refractivity contribution in [2.75, 3.05) is 0 Å². The fraction of sp³-hybridized carbons (Fsp3) is 0.0909. The van der Waals surface area contributed by atoms with Crippen LogP contribution in [0.2, 0.25) is 0 Å². The van der Waals surface area contributed by atoms with Gasteiger partial charge in [-0.1, -0.05) is 23.8 Å². The van der Waals surface area contributed by atoms with Crippen LogP contribution in [-0.2, 0) is 0 Å². The Kier molecular flexibility index (Phi) is 3.18. The maximum absolute atomic E-state index is 5.82. The van der Waals surface area contributed by atoms with E-state index in [-0.39, 0.29) is 5.82 Å². The van der Waals surface area contributed by atoms with Gasteiger partial charge in [-0.25, -0.2) is 0 Å². The van der Waals surface area contributed by atoms with Gasteiger partial charge in [0.25, 0.3) is 0 Å². The smallest absolute Gasteiger partial charge is 0.0934 e. The van der Waals surface area contributed by atoms with Crippen LogP contribution in [0.5, 0.6) is 0 Å². The number of nitrogens with two attached hydrogens (primary N) is 3. The second-order valence-corrected chi connectivity index (χ2v) is 3.16. The first-order chi connectivity index (χ1) is 6.59. The van der Waals surface area contributed by atoms with Gasteiger partial charge >= 0.3 is 0 Å². The highest BCUT2D eigenvalue weighted by Gasteiger charge is 1.94. The summed E-state index contributed by atoms with van der Waals surface area (Å²) in [5.74, 6) is 0.251. The predicted molar refractivity (Wildman–Crippen MR) is 59.8 cm³/mol. The van der Waals surface area contributed by atoms with Gasteiger partial charge in [0.2, 0.25) is 0 Å². The molecular formula is C11H15N3. The lowest BCUT2D eigenvalue weighted by Gasteiger charge is -2.01. The molecule has 3 nitrogen and oxygen atoms in total. The van der Waals surface area contributed by atoms with Crippen molar-refractivity contribution >= 4 is 5.70 Å². The first-order valence-corrected chi connectivity index (χ1v) is 4.35. The molecule has 0 heterocycles. The second kappa shape index (κ2) is 4.37. The number of allylic oxidation sites excluding steroid dienone is 2. The van der Waals surface area contributed by atoms with E-state index in [0.29, 0.717) is 5.70 Å². The van der Waals surface area contributed by atoms with E-state index in [1.807, 2.05) is 31.2 Å². The third-order valence-corrected chi connectivity index (χ3v) is 1.81. The third-order valence-electron chi connectivity index (χ3n) is 1.81. The normalized spacial score (nSPS) is 11.1. The van der Waals surface area contributed by atoms with Crippen molar-refractivity contribution in [1.29, 1.82) is 0 Å². The zero-order valence-electron chi connectivity index (χ0n) is 8.20. The van der Waals surface area contributed by atoms with E-state index in [2.05, 4.69) is 0 Å². The minimum atomic E-state index is 0.251. The molecule has 0 atom stereocenters. The van der Waals surface area contributed by atoms with Crippen molar-refractivity contribution < 1.29 is 0 Å². The highest BCUT2D eigenvalue weighted by molar-refractivity contribution is 5.64. The van der Waals surface area contributed by atoms with Gasteiger partial charge in [-0.2, -0.15) is 0 Å². The second-order valence-electron chi connectivity index (χ2n) is 3.16. The number of aryl methyl sites for hydroxylation is 1. The number of benzene rings is 1. The predicted octanol–water partition coefficient (Wildman–Crippen LogP) is 1.05. The third kappa shape index (κ3) is 2.86. The van der Waals surface area contributed by atoms with Gasteiger partial charge in [0.05, 0.1) is 5.82 Å². The minimum Gasteiger partial charge on any atom is -0.398 e. The monoisotopic (exact) mass is 189 g/mol. The van der Waals surface area contributed by atoms with Crippen LogP contribution in [0.15, 0.2) is 42.2 Å². The van der Waals surface area contributed by atoms with Gasteiger partial charge in [-0.05, 0) is 30.7 Å². The lowest BCUT2D eigenvalue weighted by Crippen LogP contribution is -2.07. The van der Waals surface area contributed by atoms with Crippen LogP contribution in [0.3, 0.4) is 0 Å². The Bertz CT molecular complexity index is 374. The molecule has 0 radical (unpaired) electrons. The van der Waals surface area contributed by atoms with E-state index < -0.39 is 0 Å². The Morgan fingerprint density at radius 1 is 1.14 bits per heavy atom. The molecule has 0 unspecified atom stereocenters. The minimum absolute atomic E-state index is 0.251. The molecule has 3 heteroatoms. The molecule has 1 aromatic carbocycles. The van der Waals surface area contributed by atoms with Crippen LogP contribution in [0, 0.1) is 6.92 Å². The summed E-state index contributed by atoms with van der Waals surface area (Å²) in [7, 11) is 0. The van der Waals surface area contributed by atoms with Gasteiger partial charge in [0, 0.05) is 5.70 Å². The Morgan fingerprint density at radius 2 is 1.86 bits per heavy atom. The van der Waals surface area contributed by atoms with Crippen molar-refractivity contribution in [2.45, 2.75) is 6.92 Å². The van der Waals surface area contributed by atoms with E-state index in [1.165, 1.54) is 5.56 Å². The molecule has 0 fully saturated rings. The average Bonchev–Trinajstić information content (AvgIpc) is 2.14. The summed E-state index contributed by atoms with van der Waals surface area (Å²) in [5.41, 5.74) is 19.2. The molecule has 0 aliphatic rings. The van der Waals surface area contributed by atoms with Gasteiger partial charge in [0.15, 0.2) is 0 Å². The van der Waals surface area contributed by atoms with Crippen LogP contribution in [0.25, 0.3) is 5.70 Å². The average molecular weight is 189 g/mol. The van der Waals surface area contributed by atoms with Crippen LogP contribution in [0.4, 0.5) is 0 Å². The maximum Gasteiger partial charge on any atom is 0.0934 e. The summed E-state index contributed by atoms with van der Waals surface area (Å²) >= 11 is 0. The van der Waals surface area contributed by atoms with E-state index in [4.69, 9.17) is 17.2 Å². The SMILES string of the molecule is Cc1cccc(/C(N)=C/C=C(N)N)c1. The number of hydrogen-bond acceptors (Lipinski definition) is 3. The van der Waals surface area contributed by atoms with Gasteiger partial charge < -0.3 is 17.2 Å². The molecule has 74 valence electrons. The lowest BCUT2D eigenvalue weighted by molar-refractivity contribution is 1.25. The van der Waals surface area contributed by atoms with Gasteiger partial charge in [-0.3, -0.25) is 0 Å². The lowest BCUT2D eigenvalue weighted by atomic mass is 10.1. The van der Waals surface area contributed by atoms with Crippen molar-refractivity contribution in [3.63, 3.8) is 0 Å². The van der Waals surface area contributed by atoms with Crippen molar-refractivity contribution in [3.05, 3.63) is 53.4 Å². The zero-order chi connectivity index (χ0) is 10.6. The summed E-state index contributed by atoms with van der Waals surface area (Å²) < 4.78 is 0. The fourth-order valence-electron chi connectivity index (χ4n) is 1.11. The molecule has 1 rings (SSSR count). The summed E-state index contributed by atoms with van der Waals surface area (Å²) in [6.45, 7) is 2.02. The molecular weight excluding hydrogens is 174 g/mol. The summed E-state index contributed by atoms with van der Waals surface area (Å²) in [6, 6.07) is 7.93. The molecule has 6 N–H and O–H groups in total. The Morgan fingerprint density at radius 3 is 2.43 bits per heavy atom. The molecule has 0 aliphatic heterocycles. The Balaban J connectivity index is 2.95. The van der Waals surface area contributed by atoms with Gasteiger partial charge in [0.1, 0.15) is 0 Å². The topological polar surface area (TPSA) is 78.1 Å². The molecule has 0 bridgehead atoms. The van der Waals surface area contributed by atoms with E-state index in [1.54, 1.807) is 12.2 Å². The molecule has 0 spiro atoms. The quantitative estimate of drug-likeness (QED) is 0.608. The fourth-order valence-corrected chi connectivity index (χ4v) is 1.11. The molecule has 0 amide bonds. The largest absolute Gasteiger partial charge is 0.398 e. The van der Waals surface area contributed by atoms with E-state index in [9.17, 15) is 0 Å². The summed E-state index contributed by atoms with van der Waals surface area (Å²) in [5, 5.41) is 0. The first kappa shape index (κ1) is 10.2. The Hall–Kier alpha value is -1.90. The first-order valence-electron chi connectivity index (χ1n) is 4.35. The molecule has 0 aromatic heterocycles.